The average molecular weight is 1410 g/mol. The molecule has 4 aromatic carbocycles. The number of hydrogen-bond donors (Lipinski definition) is 0. The van der Waals surface area contributed by atoms with Crippen molar-refractivity contribution in [2.45, 2.75) is 220 Å². The van der Waals surface area contributed by atoms with Gasteiger partial charge in [-0.1, -0.05) is 191 Å². The van der Waals surface area contributed by atoms with Crippen LogP contribution in [0.3, 0.4) is 0 Å². The molecule has 6 aromatic rings. The molecule has 3 aliphatic rings. The second-order valence-electron chi connectivity index (χ2n) is 31.4. The fourth-order valence-electron chi connectivity index (χ4n) is 12.6. The van der Waals surface area contributed by atoms with Gasteiger partial charge in [0.25, 0.3) is 8.32 Å². The van der Waals surface area contributed by atoms with Crippen molar-refractivity contribution in [3.63, 3.8) is 0 Å². The second-order valence-corrected chi connectivity index (χ2v) is 46.0. The van der Waals surface area contributed by atoms with E-state index in [0.29, 0.717) is 64.4 Å². The molecule has 0 radical (unpaired) electrons. The molecule has 10 atom stereocenters. The lowest BCUT2D eigenvalue weighted by Crippen LogP contribution is -2.67. The molecule has 0 aliphatic carbocycles. The Kier molecular flexibility index (Phi) is 26.0. The van der Waals surface area contributed by atoms with Crippen LogP contribution < -0.4 is 19.8 Å². The molecule has 2 saturated heterocycles. The molecule has 9 rings (SSSR count). The summed E-state index contributed by atoms with van der Waals surface area (Å²) in [6.07, 6.45) is 19.0. The van der Waals surface area contributed by atoms with E-state index in [2.05, 4.69) is 180 Å². The zero-order chi connectivity index (χ0) is 72.5. The van der Waals surface area contributed by atoms with Gasteiger partial charge in [-0.3, -0.25) is 0 Å². The Morgan fingerprint density at radius 2 is 1.27 bits per heavy atom. The predicted octanol–water partition coefficient (Wildman–Crippen LogP) is 18.1. The highest BCUT2D eigenvalue weighted by Gasteiger charge is 2.52. The topological polar surface area (TPSA) is 171 Å². The second kappa shape index (κ2) is 32.8. The summed E-state index contributed by atoms with van der Waals surface area (Å²) in [5, 5.41) is 3.87. The first kappa shape index (κ1) is 78.5. The maximum absolute atomic E-state index is 13.9. The van der Waals surface area contributed by atoms with Gasteiger partial charge in [-0.05, 0) is 112 Å². The van der Waals surface area contributed by atoms with Crippen molar-refractivity contribution in [1.82, 2.24) is 0 Å². The van der Waals surface area contributed by atoms with Crippen molar-refractivity contribution >= 4 is 81.1 Å². The Morgan fingerprint density at radius 3 is 1.87 bits per heavy atom. The van der Waals surface area contributed by atoms with E-state index in [0.717, 1.165) is 16.8 Å². The standard InChI is InChI=1S/C53H78O9Si3.C27H34O7/c1-38(39(2)61-65(52(6,7)8,40-24-19-17-20-25-40)41-26-21-18-22-27-41)30-31-45(62-64(15,16)51(3,4)5)49-44(59-53(9,10)60-49)29-23-28-43-42-32-33-56-46(42)36-47(58-37-55-11)48(43)50(54)57-34-35-63(12,13)14;1-16-10-11-17(2)25-21(33-27(4,5)34-25)9-7-8-20-19-12-13-30-22(19)14-23(31-15-29-6)24(20)26(28)32-18(16)3/h17-28,30-33,36,38-39,44-45,49H,29,34-35,37H2,1-16H3;7-8,10-14,16-18,21,25H,9,15H2,1-6H3/b28-23+,31-30-;8-7?,11-10-/t38-,39+,44+,45?,49+;16-,17?,18+,21+,25-/m11/s1. The van der Waals surface area contributed by atoms with Crippen LogP contribution in [0.1, 0.15) is 149 Å². The number of esters is 2. The summed E-state index contributed by atoms with van der Waals surface area (Å²) in [5.41, 5.74) is 3.19. The molecular formula is C80H112O16Si3. The zero-order valence-electron chi connectivity index (χ0n) is 62.9. The lowest BCUT2D eigenvalue weighted by molar-refractivity contribution is -0.151. The van der Waals surface area contributed by atoms with Gasteiger partial charge in [-0.2, -0.15) is 0 Å². The molecule has 2 aromatic heterocycles. The highest BCUT2D eigenvalue weighted by Crippen LogP contribution is 2.44. The third kappa shape index (κ3) is 19.5. The fraction of sp³-hybridized carbons (Fsp3) is 0.525. The Bertz CT molecular complexity index is 3710. The lowest BCUT2D eigenvalue weighted by atomic mass is 9.94. The minimum absolute atomic E-state index is 0.00288. The molecule has 0 N–H and O–H groups in total. The minimum atomic E-state index is -2.80. The molecule has 19 heteroatoms. The number of cyclic esters (lactones) is 1. The van der Waals surface area contributed by atoms with Crippen LogP contribution in [-0.2, 0) is 46.7 Å². The monoisotopic (exact) mass is 1410 g/mol. The maximum atomic E-state index is 13.9. The van der Waals surface area contributed by atoms with Crippen LogP contribution in [0.2, 0.25) is 48.9 Å². The van der Waals surface area contributed by atoms with Crippen LogP contribution in [0, 0.1) is 17.8 Å². The van der Waals surface area contributed by atoms with Crippen molar-refractivity contribution < 1.29 is 74.6 Å². The van der Waals surface area contributed by atoms with Crippen molar-refractivity contribution in [3.8, 4) is 11.5 Å². The minimum Gasteiger partial charge on any atom is -0.466 e. The van der Waals surface area contributed by atoms with Gasteiger partial charge in [-0.15, -0.1) is 0 Å². The van der Waals surface area contributed by atoms with Gasteiger partial charge in [-0.25, -0.2) is 9.59 Å². The zero-order valence-corrected chi connectivity index (χ0v) is 65.9. The van der Waals surface area contributed by atoms with E-state index in [9.17, 15) is 9.59 Å². The molecule has 2 unspecified atom stereocenters. The molecule has 99 heavy (non-hydrogen) atoms. The van der Waals surface area contributed by atoms with Gasteiger partial charge in [0.15, 0.2) is 33.5 Å². The van der Waals surface area contributed by atoms with E-state index >= 15 is 0 Å². The molecule has 5 heterocycles. The van der Waals surface area contributed by atoms with Crippen LogP contribution in [0.25, 0.3) is 34.1 Å². The van der Waals surface area contributed by atoms with Crippen LogP contribution in [0.5, 0.6) is 11.5 Å². The number of benzene rings is 4. The number of furan rings is 2. The summed E-state index contributed by atoms with van der Waals surface area (Å²) < 4.78 is 86.2. The van der Waals surface area contributed by atoms with E-state index in [-0.39, 0.29) is 71.9 Å². The van der Waals surface area contributed by atoms with E-state index in [1.807, 2.05) is 78.0 Å². The Balaban J connectivity index is 0.000000306. The number of carbonyl (C=O) groups is 2. The summed E-state index contributed by atoms with van der Waals surface area (Å²) in [6.45, 7) is 43.6. The van der Waals surface area contributed by atoms with Crippen molar-refractivity contribution in [2.24, 2.45) is 17.8 Å². The largest absolute Gasteiger partial charge is 0.466 e. The van der Waals surface area contributed by atoms with Crippen molar-refractivity contribution in [1.29, 1.82) is 0 Å². The number of ether oxygens (including phenoxy) is 10. The van der Waals surface area contributed by atoms with Gasteiger partial charge in [0.2, 0.25) is 0 Å². The summed E-state index contributed by atoms with van der Waals surface area (Å²) in [7, 11) is -3.53. The smallest absolute Gasteiger partial charge is 0.342 e. The average Bonchev–Trinajstić information content (AvgIpc) is 1.63. The number of methoxy groups -OCH3 is 2. The van der Waals surface area contributed by atoms with E-state index in [4.69, 9.17) is 65.1 Å². The van der Waals surface area contributed by atoms with Crippen molar-refractivity contribution in [2.75, 3.05) is 34.4 Å². The first-order valence-electron chi connectivity index (χ1n) is 35.1. The van der Waals surface area contributed by atoms with E-state index in [1.165, 1.54) is 17.5 Å². The van der Waals surface area contributed by atoms with Gasteiger partial charge < -0.3 is 65.1 Å². The third-order valence-corrected chi connectivity index (χ3v) is 30.7. The lowest BCUT2D eigenvalue weighted by Gasteiger charge is -2.45. The van der Waals surface area contributed by atoms with Gasteiger partial charge >= 0.3 is 11.9 Å². The first-order chi connectivity index (χ1) is 46.5. The summed E-state index contributed by atoms with van der Waals surface area (Å²) in [4.78, 5) is 27.4. The van der Waals surface area contributed by atoms with Gasteiger partial charge in [0.05, 0.1) is 43.5 Å². The van der Waals surface area contributed by atoms with Gasteiger partial charge in [0.1, 0.15) is 46.0 Å². The first-order valence-corrected chi connectivity index (χ1v) is 43.6. The number of fused-ring (bicyclic) bond motifs is 5. The quantitative estimate of drug-likeness (QED) is 0.0256. The molecule has 3 aliphatic heterocycles. The Labute approximate surface area is 592 Å². The molecule has 0 spiro atoms. The SMILES string of the molecule is COCOc1cc2occc2c(/C=C/C[C@@H]2OC(C)(C)O[C@@H]2C(/C=C\[C@@H](C)[C@H](C)O[Si](c2ccccc2)(c2ccccc2)C(C)(C)C)O[Si](C)(C)C(C)(C)C)c1C(=O)OCC[Si](C)(C)C.COCOc1cc2occc2c2c1C(=O)O[C@@H](C)[C@H](C)/C=C\C(C)[C@H]1OC(C)(C)O[C@H]1CC=C2. The highest BCUT2D eigenvalue weighted by molar-refractivity contribution is 6.99. The summed E-state index contributed by atoms with van der Waals surface area (Å²) in [6, 6.07) is 29.6. The van der Waals surface area contributed by atoms with Crippen molar-refractivity contribution in [3.05, 3.63) is 156 Å². The Morgan fingerprint density at radius 1 is 0.697 bits per heavy atom. The van der Waals surface area contributed by atoms with Crippen LogP contribution in [0.4, 0.5) is 0 Å². The highest BCUT2D eigenvalue weighted by atomic mass is 28.4. The molecular weight excluding hydrogens is 1300 g/mol. The van der Waals surface area contributed by atoms with Crippen LogP contribution in [-0.4, -0.2) is 125 Å². The van der Waals surface area contributed by atoms with E-state index in [1.54, 1.807) is 31.8 Å². The third-order valence-electron chi connectivity index (χ3n) is 19.4. The number of hydrogen-bond acceptors (Lipinski definition) is 16. The van der Waals surface area contributed by atoms with Crippen LogP contribution in [0.15, 0.2) is 143 Å². The van der Waals surface area contributed by atoms with Crippen LogP contribution >= 0.6 is 0 Å². The molecule has 540 valence electrons. The normalized spacial score (nSPS) is 22.8. The summed E-state index contributed by atoms with van der Waals surface area (Å²) >= 11 is 0. The summed E-state index contributed by atoms with van der Waals surface area (Å²) in [5.74, 6) is -1.57. The maximum Gasteiger partial charge on any atom is 0.342 e. The Hall–Kier alpha value is -6.21. The fourth-order valence-corrected chi connectivity index (χ4v) is 19.4. The molecule has 0 saturated carbocycles. The number of rotatable bonds is 23. The molecule has 16 nitrogen and oxygen atoms in total. The molecule has 0 bridgehead atoms. The molecule has 2 fully saturated rings. The number of carbonyl (C=O) groups excluding carboxylic acids is 2. The molecule has 0 amide bonds. The predicted molar refractivity (Wildman–Crippen MR) is 402 cm³/mol. The van der Waals surface area contributed by atoms with E-state index < -0.39 is 60.4 Å². The van der Waals surface area contributed by atoms with Gasteiger partial charge in [0, 0.05) is 74.3 Å².